The van der Waals surface area contributed by atoms with Crippen molar-refractivity contribution in [3.8, 4) is 6.07 Å². The summed E-state index contributed by atoms with van der Waals surface area (Å²) in [5.41, 5.74) is 2.66. The van der Waals surface area contributed by atoms with Gasteiger partial charge in [-0.2, -0.15) is 5.26 Å². The summed E-state index contributed by atoms with van der Waals surface area (Å²) < 4.78 is 5.82. The second-order valence-corrected chi connectivity index (χ2v) is 10.9. The van der Waals surface area contributed by atoms with Gasteiger partial charge < -0.3 is 19.4 Å². The SMILES string of the molecule is N#Cc1ccccc1N1CCN(c2ccc(C3(C(=O)N4CC[C@@]5(C4)OC(=O)c4cnccc45)CC3)cn2)CC1. The first-order valence-electron chi connectivity index (χ1n) is 13.5. The van der Waals surface area contributed by atoms with Crippen molar-refractivity contribution in [1.82, 2.24) is 14.9 Å². The molecule has 9 nitrogen and oxygen atoms in total. The fourth-order valence-corrected chi connectivity index (χ4v) is 6.43. The second kappa shape index (κ2) is 8.80. The van der Waals surface area contributed by atoms with Crippen molar-refractivity contribution in [1.29, 1.82) is 5.26 Å². The number of anilines is 2. The van der Waals surface area contributed by atoms with E-state index in [4.69, 9.17) is 9.72 Å². The number of nitrogens with zero attached hydrogens (tertiary/aromatic N) is 6. The number of benzene rings is 1. The van der Waals surface area contributed by atoms with Crippen molar-refractivity contribution in [3.05, 3.63) is 83.3 Å². The van der Waals surface area contributed by atoms with Crippen LogP contribution in [0.5, 0.6) is 0 Å². The van der Waals surface area contributed by atoms with Crippen LogP contribution in [-0.2, 0) is 20.5 Å². The summed E-state index contributed by atoms with van der Waals surface area (Å²) in [6.07, 6.45) is 7.28. The van der Waals surface area contributed by atoms with E-state index >= 15 is 0 Å². The zero-order valence-electron chi connectivity index (χ0n) is 21.5. The number of likely N-dealkylation sites (tertiary alicyclic amines) is 1. The van der Waals surface area contributed by atoms with Crippen molar-refractivity contribution in [3.63, 3.8) is 0 Å². The number of hydrogen-bond acceptors (Lipinski definition) is 8. The summed E-state index contributed by atoms with van der Waals surface area (Å²) in [5, 5.41) is 9.44. The molecule has 3 aromatic rings. The van der Waals surface area contributed by atoms with Crippen LogP contribution in [-0.4, -0.2) is 66.0 Å². The standard InChI is InChI=1S/C30H28N6O3/c31-17-21-3-1-2-4-25(21)34-13-15-35(16-14-34)26-6-5-22(18-33-26)29(8-9-29)28(38)36-12-10-30(20-36)24-7-11-32-19-23(24)27(37)39-30/h1-7,11,18-19H,8-10,12-16,20H2/t30-/m0/s1. The van der Waals surface area contributed by atoms with Crippen LogP contribution in [0, 0.1) is 11.3 Å². The van der Waals surface area contributed by atoms with Crippen molar-refractivity contribution in [2.24, 2.45) is 0 Å². The van der Waals surface area contributed by atoms with Gasteiger partial charge in [-0.15, -0.1) is 0 Å². The fraction of sp³-hybridized carbons (Fsp3) is 0.367. The Hall–Kier alpha value is -4.45. The normalized spacial score (nSPS) is 22.9. The summed E-state index contributed by atoms with van der Waals surface area (Å²) in [6.45, 7) is 4.17. The van der Waals surface area contributed by atoms with Gasteiger partial charge in [0, 0.05) is 63.3 Å². The molecule has 7 rings (SSSR count). The van der Waals surface area contributed by atoms with E-state index in [1.807, 2.05) is 53.6 Å². The number of piperazine rings is 1. The molecule has 1 spiro atoms. The lowest BCUT2D eigenvalue weighted by molar-refractivity contribution is -0.134. The molecule has 39 heavy (non-hydrogen) atoms. The first-order valence-corrected chi connectivity index (χ1v) is 13.5. The Kier molecular flexibility index (Phi) is 5.34. The molecule has 2 aromatic heterocycles. The predicted molar refractivity (Wildman–Crippen MR) is 143 cm³/mol. The quantitative estimate of drug-likeness (QED) is 0.484. The van der Waals surface area contributed by atoms with Crippen LogP contribution < -0.4 is 9.80 Å². The lowest BCUT2D eigenvalue weighted by atomic mass is 9.92. The molecule has 1 amide bonds. The number of amides is 1. The molecule has 4 aliphatic rings. The van der Waals surface area contributed by atoms with Crippen LogP contribution in [0.2, 0.25) is 0 Å². The van der Waals surface area contributed by atoms with E-state index in [0.717, 1.165) is 61.7 Å². The van der Waals surface area contributed by atoms with E-state index in [2.05, 4.69) is 20.9 Å². The number of aromatic nitrogens is 2. The monoisotopic (exact) mass is 520 g/mol. The van der Waals surface area contributed by atoms with Crippen LogP contribution in [0.3, 0.4) is 0 Å². The molecule has 1 atom stereocenters. The second-order valence-electron chi connectivity index (χ2n) is 10.9. The van der Waals surface area contributed by atoms with Crippen LogP contribution in [0.25, 0.3) is 0 Å². The van der Waals surface area contributed by atoms with Gasteiger partial charge in [-0.1, -0.05) is 18.2 Å². The number of carbonyl (C=O) groups is 2. The molecule has 0 unspecified atom stereocenters. The van der Waals surface area contributed by atoms with E-state index in [0.29, 0.717) is 30.6 Å². The lowest BCUT2D eigenvalue weighted by Gasteiger charge is -2.37. The summed E-state index contributed by atoms with van der Waals surface area (Å²) in [6, 6.07) is 15.9. The highest BCUT2D eigenvalue weighted by Crippen LogP contribution is 2.52. The van der Waals surface area contributed by atoms with E-state index < -0.39 is 11.0 Å². The van der Waals surface area contributed by atoms with Gasteiger partial charge in [0.15, 0.2) is 5.60 Å². The van der Waals surface area contributed by atoms with Crippen molar-refractivity contribution < 1.29 is 14.3 Å². The summed E-state index contributed by atoms with van der Waals surface area (Å²) in [4.78, 5) is 41.4. The van der Waals surface area contributed by atoms with Gasteiger partial charge in [0.2, 0.25) is 5.91 Å². The van der Waals surface area contributed by atoms with Gasteiger partial charge in [-0.05, 0) is 42.7 Å². The van der Waals surface area contributed by atoms with E-state index in [1.165, 1.54) is 0 Å². The van der Waals surface area contributed by atoms with Crippen LogP contribution >= 0.6 is 0 Å². The maximum Gasteiger partial charge on any atom is 0.341 e. The van der Waals surface area contributed by atoms with Crippen LogP contribution in [0.1, 0.15) is 46.3 Å². The number of fused-ring (bicyclic) bond motifs is 2. The molecule has 0 radical (unpaired) electrons. The lowest BCUT2D eigenvalue weighted by Crippen LogP contribution is -2.47. The minimum absolute atomic E-state index is 0.0947. The van der Waals surface area contributed by atoms with Gasteiger partial charge in [0.1, 0.15) is 11.9 Å². The molecule has 1 aliphatic carbocycles. The molecule has 2 saturated heterocycles. The number of ether oxygens (including phenoxy) is 1. The highest BCUT2D eigenvalue weighted by atomic mass is 16.6. The predicted octanol–water partition coefficient (Wildman–Crippen LogP) is 3.00. The van der Waals surface area contributed by atoms with E-state index in [9.17, 15) is 14.9 Å². The molecule has 3 aliphatic heterocycles. The molecule has 1 saturated carbocycles. The molecule has 0 bridgehead atoms. The minimum Gasteiger partial charge on any atom is -0.449 e. The molecule has 0 N–H and O–H groups in total. The van der Waals surface area contributed by atoms with E-state index in [1.54, 1.807) is 12.4 Å². The molecule has 5 heterocycles. The Morgan fingerprint density at radius 3 is 2.49 bits per heavy atom. The average Bonchev–Trinajstić information content (AvgIpc) is 3.62. The summed E-state index contributed by atoms with van der Waals surface area (Å²) in [5.74, 6) is 0.638. The Morgan fingerprint density at radius 2 is 1.74 bits per heavy atom. The van der Waals surface area contributed by atoms with Crippen molar-refractivity contribution in [2.45, 2.75) is 30.3 Å². The Labute approximate surface area is 226 Å². The van der Waals surface area contributed by atoms with Gasteiger partial charge in [-0.3, -0.25) is 9.78 Å². The topological polar surface area (TPSA) is 103 Å². The zero-order chi connectivity index (χ0) is 26.6. The Bertz CT molecular complexity index is 1500. The number of hydrogen-bond donors (Lipinski definition) is 0. The van der Waals surface area contributed by atoms with Gasteiger partial charge in [0.25, 0.3) is 0 Å². The highest BCUT2D eigenvalue weighted by molar-refractivity contribution is 5.95. The highest BCUT2D eigenvalue weighted by Gasteiger charge is 2.58. The maximum atomic E-state index is 13.8. The molecule has 3 fully saturated rings. The van der Waals surface area contributed by atoms with Crippen molar-refractivity contribution in [2.75, 3.05) is 49.1 Å². The number of pyridine rings is 2. The van der Waals surface area contributed by atoms with Gasteiger partial charge in [0.05, 0.1) is 28.8 Å². The summed E-state index contributed by atoms with van der Waals surface area (Å²) >= 11 is 0. The molecular weight excluding hydrogens is 492 g/mol. The largest absolute Gasteiger partial charge is 0.449 e. The number of rotatable bonds is 4. The third-order valence-corrected chi connectivity index (χ3v) is 8.77. The maximum absolute atomic E-state index is 13.8. The Morgan fingerprint density at radius 1 is 0.949 bits per heavy atom. The van der Waals surface area contributed by atoms with Crippen molar-refractivity contribution >= 4 is 23.4 Å². The van der Waals surface area contributed by atoms with Gasteiger partial charge >= 0.3 is 5.97 Å². The number of carbonyl (C=O) groups excluding carboxylic acids is 2. The van der Waals surface area contributed by atoms with Gasteiger partial charge in [-0.25, -0.2) is 9.78 Å². The third kappa shape index (κ3) is 3.74. The molecular formula is C30H28N6O3. The molecule has 1 aromatic carbocycles. The average molecular weight is 521 g/mol. The first kappa shape index (κ1) is 23.7. The number of nitriles is 1. The number of para-hydroxylation sites is 1. The van der Waals surface area contributed by atoms with E-state index in [-0.39, 0.29) is 11.9 Å². The fourth-order valence-electron chi connectivity index (χ4n) is 6.43. The first-order chi connectivity index (χ1) is 19.0. The molecule has 9 heteroatoms. The molecule has 196 valence electrons. The summed E-state index contributed by atoms with van der Waals surface area (Å²) in [7, 11) is 0. The Balaban J connectivity index is 1.03. The number of esters is 1. The minimum atomic E-state index is -0.765. The van der Waals surface area contributed by atoms with Crippen LogP contribution in [0.4, 0.5) is 11.5 Å². The smallest absolute Gasteiger partial charge is 0.341 e. The third-order valence-electron chi connectivity index (χ3n) is 8.77. The zero-order valence-corrected chi connectivity index (χ0v) is 21.5. The van der Waals surface area contributed by atoms with Crippen LogP contribution in [0.15, 0.2) is 61.1 Å².